The van der Waals surface area contributed by atoms with Crippen LogP contribution < -0.4 is 4.74 Å². The number of benzene rings is 1. The van der Waals surface area contributed by atoms with Gasteiger partial charge in [-0.15, -0.1) is 0 Å². The van der Waals surface area contributed by atoms with Crippen LogP contribution in [0.4, 0.5) is 0 Å². The van der Waals surface area contributed by atoms with E-state index in [1.54, 1.807) is 18.1 Å². The SMILES string of the molecule is COc1nc2ccccc2cc1-c1ncn(CCO)n1. The number of ether oxygens (including phenoxy) is 1. The Bertz CT molecular complexity index is 739. The molecule has 0 aliphatic heterocycles. The van der Waals surface area contributed by atoms with Gasteiger partial charge in [-0.1, -0.05) is 18.2 Å². The molecular formula is C14H14N4O2. The van der Waals surface area contributed by atoms with Gasteiger partial charge in [0.15, 0.2) is 5.82 Å². The van der Waals surface area contributed by atoms with Crippen LogP contribution in [-0.2, 0) is 6.54 Å². The largest absolute Gasteiger partial charge is 0.480 e. The van der Waals surface area contributed by atoms with Crippen molar-refractivity contribution >= 4 is 10.9 Å². The van der Waals surface area contributed by atoms with E-state index in [1.165, 1.54) is 0 Å². The molecular weight excluding hydrogens is 256 g/mol. The highest BCUT2D eigenvalue weighted by molar-refractivity contribution is 5.84. The van der Waals surface area contributed by atoms with Crippen molar-refractivity contribution in [1.82, 2.24) is 19.7 Å². The second kappa shape index (κ2) is 5.26. The zero-order valence-electron chi connectivity index (χ0n) is 11.0. The Kier molecular flexibility index (Phi) is 3.30. The number of fused-ring (bicyclic) bond motifs is 1. The number of aliphatic hydroxyl groups excluding tert-OH is 1. The Balaban J connectivity index is 2.12. The van der Waals surface area contributed by atoms with Gasteiger partial charge in [-0.05, 0) is 12.1 Å². The number of aromatic nitrogens is 4. The summed E-state index contributed by atoms with van der Waals surface area (Å²) in [4.78, 5) is 8.71. The molecule has 2 aromatic heterocycles. The summed E-state index contributed by atoms with van der Waals surface area (Å²) in [7, 11) is 1.57. The maximum absolute atomic E-state index is 8.92. The lowest BCUT2D eigenvalue weighted by Crippen LogP contribution is -2.02. The fraction of sp³-hybridized carbons (Fsp3) is 0.214. The zero-order chi connectivity index (χ0) is 13.9. The Morgan fingerprint density at radius 2 is 2.15 bits per heavy atom. The van der Waals surface area contributed by atoms with Gasteiger partial charge in [-0.25, -0.2) is 9.97 Å². The van der Waals surface area contributed by atoms with Gasteiger partial charge in [0.25, 0.3) is 0 Å². The zero-order valence-corrected chi connectivity index (χ0v) is 11.0. The number of methoxy groups -OCH3 is 1. The van der Waals surface area contributed by atoms with Crippen molar-refractivity contribution in [3.05, 3.63) is 36.7 Å². The van der Waals surface area contributed by atoms with Crippen molar-refractivity contribution in [2.75, 3.05) is 13.7 Å². The molecule has 102 valence electrons. The van der Waals surface area contributed by atoms with Crippen LogP contribution in [0, 0.1) is 0 Å². The molecule has 0 aliphatic carbocycles. The lowest BCUT2D eigenvalue weighted by molar-refractivity contribution is 0.269. The fourth-order valence-corrected chi connectivity index (χ4v) is 2.04. The molecule has 0 aliphatic rings. The highest BCUT2D eigenvalue weighted by Gasteiger charge is 2.13. The summed E-state index contributed by atoms with van der Waals surface area (Å²) in [5, 5.41) is 14.2. The quantitative estimate of drug-likeness (QED) is 0.777. The second-order valence-electron chi connectivity index (χ2n) is 4.29. The predicted octanol–water partition coefficient (Wildman–Crippen LogP) is 1.49. The van der Waals surface area contributed by atoms with Crippen LogP contribution in [-0.4, -0.2) is 38.6 Å². The summed E-state index contributed by atoms with van der Waals surface area (Å²) in [6.45, 7) is 0.437. The topological polar surface area (TPSA) is 73.1 Å². The molecule has 6 heteroatoms. The first-order valence-electron chi connectivity index (χ1n) is 6.26. The highest BCUT2D eigenvalue weighted by atomic mass is 16.5. The van der Waals surface area contributed by atoms with Gasteiger partial charge in [0, 0.05) is 5.39 Å². The lowest BCUT2D eigenvalue weighted by Gasteiger charge is -2.06. The van der Waals surface area contributed by atoms with Crippen LogP contribution in [0.15, 0.2) is 36.7 Å². The highest BCUT2D eigenvalue weighted by Crippen LogP contribution is 2.29. The predicted molar refractivity (Wildman–Crippen MR) is 74.4 cm³/mol. The minimum absolute atomic E-state index is 0.0237. The molecule has 0 radical (unpaired) electrons. The summed E-state index contributed by atoms with van der Waals surface area (Å²) in [5.74, 6) is 1.03. The molecule has 20 heavy (non-hydrogen) atoms. The Labute approximate surface area is 115 Å². The number of hydrogen-bond acceptors (Lipinski definition) is 5. The Morgan fingerprint density at radius 3 is 2.95 bits per heavy atom. The smallest absolute Gasteiger partial charge is 0.225 e. The minimum atomic E-state index is 0.0237. The van der Waals surface area contributed by atoms with Crippen molar-refractivity contribution in [2.24, 2.45) is 0 Å². The lowest BCUT2D eigenvalue weighted by atomic mass is 10.1. The van der Waals surface area contributed by atoms with E-state index in [2.05, 4.69) is 15.1 Å². The van der Waals surface area contributed by atoms with Crippen LogP contribution >= 0.6 is 0 Å². The molecule has 0 unspecified atom stereocenters. The molecule has 0 spiro atoms. The van der Waals surface area contributed by atoms with Crippen molar-refractivity contribution in [3.63, 3.8) is 0 Å². The molecule has 6 nitrogen and oxygen atoms in total. The van der Waals surface area contributed by atoms with Gasteiger partial charge in [0.05, 0.1) is 31.3 Å². The van der Waals surface area contributed by atoms with E-state index in [9.17, 15) is 0 Å². The normalized spacial score (nSPS) is 10.9. The maximum atomic E-state index is 8.92. The van der Waals surface area contributed by atoms with Crippen molar-refractivity contribution < 1.29 is 9.84 Å². The van der Waals surface area contributed by atoms with E-state index >= 15 is 0 Å². The Morgan fingerprint density at radius 1 is 1.30 bits per heavy atom. The average Bonchev–Trinajstić information content (AvgIpc) is 2.94. The first-order valence-corrected chi connectivity index (χ1v) is 6.26. The molecule has 3 aromatic rings. The molecule has 1 aromatic carbocycles. The summed E-state index contributed by atoms with van der Waals surface area (Å²) in [6.07, 6.45) is 1.58. The summed E-state index contributed by atoms with van der Waals surface area (Å²) in [6, 6.07) is 9.76. The third-order valence-electron chi connectivity index (χ3n) is 2.99. The van der Waals surface area contributed by atoms with Gasteiger partial charge < -0.3 is 9.84 Å². The second-order valence-corrected chi connectivity index (χ2v) is 4.29. The summed E-state index contributed by atoms with van der Waals surface area (Å²) < 4.78 is 6.91. The van der Waals surface area contributed by atoms with E-state index in [0.717, 1.165) is 16.5 Å². The monoisotopic (exact) mass is 270 g/mol. The number of pyridine rings is 1. The summed E-state index contributed by atoms with van der Waals surface area (Å²) >= 11 is 0. The van der Waals surface area contributed by atoms with Gasteiger partial charge in [-0.2, -0.15) is 5.10 Å². The van der Waals surface area contributed by atoms with Crippen molar-refractivity contribution in [2.45, 2.75) is 6.54 Å². The van der Waals surface area contributed by atoms with E-state index in [-0.39, 0.29) is 6.61 Å². The van der Waals surface area contributed by atoms with E-state index < -0.39 is 0 Å². The van der Waals surface area contributed by atoms with Crippen LogP contribution in [0.1, 0.15) is 0 Å². The fourth-order valence-electron chi connectivity index (χ4n) is 2.04. The molecule has 2 heterocycles. The standard InChI is InChI=1S/C14H14N4O2/c1-20-14-11(13-15-9-18(17-13)6-7-19)8-10-4-2-3-5-12(10)16-14/h2-5,8-9,19H,6-7H2,1H3. The van der Waals surface area contributed by atoms with Crippen molar-refractivity contribution in [3.8, 4) is 17.3 Å². The van der Waals surface area contributed by atoms with E-state index in [4.69, 9.17) is 9.84 Å². The van der Waals surface area contributed by atoms with Gasteiger partial charge in [0.1, 0.15) is 6.33 Å². The summed E-state index contributed by atoms with van der Waals surface area (Å²) in [5.41, 5.74) is 1.60. The molecule has 0 saturated heterocycles. The molecule has 0 amide bonds. The first kappa shape index (κ1) is 12.6. The minimum Gasteiger partial charge on any atom is -0.480 e. The molecule has 0 fully saturated rings. The molecule has 0 saturated carbocycles. The first-order chi connectivity index (χ1) is 9.81. The maximum Gasteiger partial charge on any atom is 0.225 e. The van der Waals surface area contributed by atoms with Gasteiger partial charge in [-0.3, -0.25) is 4.68 Å². The molecule has 0 atom stereocenters. The van der Waals surface area contributed by atoms with Gasteiger partial charge >= 0.3 is 0 Å². The number of nitrogens with zero attached hydrogens (tertiary/aromatic N) is 4. The number of rotatable bonds is 4. The average molecular weight is 270 g/mol. The third kappa shape index (κ3) is 2.21. The van der Waals surface area contributed by atoms with E-state index in [1.807, 2.05) is 30.3 Å². The molecule has 3 rings (SSSR count). The number of para-hydroxylation sites is 1. The van der Waals surface area contributed by atoms with Crippen LogP contribution in [0.2, 0.25) is 0 Å². The van der Waals surface area contributed by atoms with Crippen molar-refractivity contribution in [1.29, 1.82) is 0 Å². The number of hydrogen-bond donors (Lipinski definition) is 1. The van der Waals surface area contributed by atoms with Crippen LogP contribution in [0.25, 0.3) is 22.3 Å². The van der Waals surface area contributed by atoms with E-state index in [0.29, 0.717) is 18.2 Å². The van der Waals surface area contributed by atoms with Gasteiger partial charge in [0.2, 0.25) is 5.88 Å². The Hall–Kier alpha value is -2.47. The van der Waals surface area contributed by atoms with Crippen LogP contribution in [0.5, 0.6) is 5.88 Å². The van der Waals surface area contributed by atoms with Crippen LogP contribution in [0.3, 0.4) is 0 Å². The molecule has 0 bridgehead atoms. The third-order valence-corrected chi connectivity index (χ3v) is 2.99. The molecule has 1 N–H and O–H groups in total. The number of aliphatic hydroxyl groups is 1.